The van der Waals surface area contributed by atoms with Gasteiger partial charge in [0.2, 0.25) is 11.8 Å². The van der Waals surface area contributed by atoms with Crippen LogP contribution in [0.5, 0.6) is 0 Å². The van der Waals surface area contributed by atoms with Crippen LogP contribution >= 0.6 is 22.6 Å². The van der Waals surface area contributed by atoms with Gasteiger partial charge in [0.15, 0.2) is 0 Å². The summed E-state index contributed by atoms with van der Waals surface area (Å²) in [4.78, 5) is 37.6. The van der Waals surface area contributed by atoms with E-state index in [9.17, 15) is 14.4 Å². The standard InChI is InChI=1S/C26H26IN3O4/c27-21-13-11-19(12-14-21)15-22(24(28)31)29-25(32)23(16-18-7-3-1-4-8-18)30-26(33)34-17-20-9-5-2-6-10-20/h1-14,22-23H,15-17H2,(H2,28,31)(H,29,32)(H,30,33)/t22-,23-/m0/s1. The highest BCUT2D eigenvalue weighted by molar-refractivity contribution is 14.1. The number of carbonyl (C=O) groups is 3. The number of alkyl carbamates (subject to hydrolysis) is 1. The fourth-order valence-electron chi connectivity index (χ4n) is 3.32. The second-order valence-corrected chi connectivity index (χ2v) is 8.99. The van der Waals surface area contributed by atoms with Gasteiger partial charge in [-0.15, -0.1) is 0 Å². The molecule has 0 aliphatic carbocycles. The number of carbonyl (C=O) groups excluding carboxylic acids is 3. The maximum Gasteiger partial charge on any atom is 0.408 e. The SMILES string of the molecule is NC(=O)[C@H](Cc1ccc(I)cc1)NC(=O)[C@H](Cc1ccccc1)NC(=O)OCc1ccccc1. The largest absolute Gasteiger partial charge is 0.445 e. The summed E-state index contributed by atoms with van der Waals surface area (Å²) in [6, 6.07) is 24.2. The number of amides is 3. The molecule has 3 amide bonds. The lowest BCUT2D eigenvalue weighted by atomic mass is 10.0. The molecule has 0 unspecified atom stereocenters. The summed E-state index contributed by atoms with van der Waals surface area (Å²) >= 11 is 2.19. The molecule has 0 spiro atoms. The van der Waals surface area contributed by atoms with Crippen molar-refractivity contribution in [1.29, 1.82) is 0 Å². The Morgan fingerprint density at radius 1 is 0.735 bits per heavy atom. The number of benzene rings is 3. The number of rotatable bonds is 10. The molecule has 0 radical (unpaired) electrons. The van der Waals surface area contributed by atoms with E-state index >= 15 is 0 Å². The minimum Gasteiger partial charge on any atom is -0.445 e. The Hall–Kier alpha value is -3.40. The third kappa shape index (κ3) is 8.18. The highest BCUT2D eigenvalue weighted by Crippen LogP contribution is 2.10. The molecule has 0 aliphatic heterocycles. The number of hydrogen-bond donors (Lipinski definition) is 3. The molecule has 8 heteroatoms. The maximum atomic E-state index is 13.1. The Morgan fingerprint density at radius 3 is 1.85 bits per heavy atom. The number of primary amides is 1. The molecule has 0 heterocycles. The molecule has 7 nitrogen and oxygen atoms in total. The highest BCUT2D eigenvalue weighted by atomic mass is 127. The summed E-state index contributed by atoms with van der Waals surface area (Å²) in [5.41, 5.74) is 8.10. The van der Waals surface area contributed by atoms with Crippen LogP contribution in [-0.4, -0.2) is 30.0 Å². The van der Waals surface area contributed by atoms with Crippen molar-refractivity contribution in [1.82, 2.24) is 10.6 Å². The van der Waals surface area contributed by atoms with Gasteiger partial charge in [0, 0.05) is 16.4 Å². The second-order valence-electron chi connectivity index (χ2n) is 7.74. The molecular weight excluding hydrogens is 545 g/mol. The molecule has 2 atom stereocenters. The lowest BCUT2D eigenvalue weighted by molar-refractivity contribution is -0.128. The van der Waals surface area contributed by atoms with Crippen molar-refractivity contribution in [3.8, 4) is 0 Å². The molecule has 176 valence electrons. The van der Waals surface area contributed by atoms with E-state index in [0.29, 0.717) is 0 Å². The minimum atomic E-state index is -0.954. The molecule has 0 saturated heterocycles. The normalized spacial score (nSPS) is 12.3. The van der Waals surface area contributed by atoms with Crippen molar-refractivity contribution in [3.05, 3.63) is 105 Å². The van der Waals surface area contributed by atoms with Crippen LogP contribution in [0.4, 0.5) is 4.79 Å². The van der Waals surface area contributed by atoms with E-state index in [-0.39, 0.29) is 19.4 Å². The van der Waals surface area contributed by atoms with Crippen molar-refractivity contribution < 1.29 is 19.1 Å². The van der Waals surface area contributed by atoms with E-state index < -0.39 is 30.0 Å². The van der Waals surface area contributed by atoms with Gasteiger partial charge in [-0.05, 0) is 51.4 Å². The fourth-order valence-corrected chi connectivity index (χ4v) is 3.68. The van der Waals surface area contributed by atoms with Crippen LogP contribution in [0.1, 0.15) is 16.7 Å². The lowest BCUT2D eigenvalue weighted by Crippen LogP contribution is -2.54. The van der Waals surface area contributed by atoms with Gasteiger partial charge in [-0.2, -0.15) is 0 Å². The predicted octanol–water partition coefficient (Wildman–Crippen LogP) is 3.34. The molecule has 4 N–H and O–H groups in total. The second kappa shape index (κ2) is 12.7. The third-order valence-corrected chi connectivity index (χ3v) is 5.84. The topological polar surface area (TPSA) is 111 Å². The van der Waals surface area contributed by atoms with Crippen LogP contribution in [0.3, 0.4) is 0 Å². The average Bonchev–Trinajstić information content (AvgIpc) is 2.84. The first-order valence-corrected chi connectivity index (χ1v) is 11.8. The van der Waals surface area contributed by atoms with Crippen LogP contribution in [0.2, 0.25) is 0 Å². The van der Waals surface area contributed by atoms with Crippen LogP contribution in [0, 0.1) is 3.57 Å². The first-order valence-electron chi connectivity index (χ1n) is 10.8. The van der Waals surface area contributed by atoms with Crippen LogP contribution in [-0.2, 0) is 33.8 Å². The zero-order valence-corrected chi connectivity index (χ0v) is 20.6. The van der Waals surface area contributed by atoms with Gasteiger partial charge in [-0.3, -0.25) is 9.59 Å². The quantitative estimate of drug-likeness (QED) is 0.325. The smallest absolute Gasteiger partial charge is 0.408 e. The Bertz CT molecular complexity index is 1090. The van der Waals surface area contributed by atoms with Crippen molar-refractivity contribution in [2.45, 2.75) is 31.5 Å². The lowest BCUT2D eigenvalue weighted by Gasteiger charge is -2.22. The zero-order valence-electron chi connectivity index (χ0n) is 18.4. The van der Waals surface area contributed by atoms with Crippen molar-refractivity contribution in [2.75, 3.05) is 0 Å². The molecular formula is C26H26IN3O4. The molecule has 0 fully saturated rings. The Labute approximate surface area is 212 Å². The first-order chi connectivity index (χ1) is 16.4. The van der Waals surface area contributed by atoms with Gasteiger partial charge in [0.05, 0.1) is 0 Å². The molecule has 0 aliphatic rings. The zero-order chi connectivity index (χ0) is 24.3. The Morgan fingerprint density at radius 2 is 1.26 bits per heavy atom. The summed E-state index contributed by atoms with van der Waals surface area (Å²) in [7, 11) is 0. The number of ether oxygens (including phenoxy) is 1. The molecule has 3 aromatic rings. The van der Waals surface area contributed by atoms with Crippen molar-refractivity contribution in [3.63, 3.8) is 0 Å². The number of hydrogen-bond acceptors (Lipinski definition) is 4. The molecule has 0 aromatic heterocycles. The van der Waals surface area contributed by atoms with Crippen LogP contribution < -0.4 is 16.4 Å². The summed E-state index contributed by atoms with van der Waals surface area (Å²) in [5, 5.41) is 5.32. The third-order valence-electron chi connectivity index (χ3n) is 5.12. The Balaban J connectivity index is 1.68. The van der Waals surface area contributed by atoms with Gasteiger partial charge < -0.3 is 21.1 Å². The number of nitrogens with one attached hydrogen (secondary N) is 2. The summed E-state index contributed by atoms with van der Waals surface area (Å²) in [5.74, 6) is -1.17. The summed E-state index contributed by atoms with van der Waals surface area (Å²) < 4.78 is 6.34. The van der Waals surface area contributed by atoms with Gasteiger partial charge in [-0.1, -0.05) is 72.8 Å². The van der Waals surface area contributed by atoms with E-state index in [0.717, 1.165) is 20.3 Å². The van der Waals surface area contributed by atoms with Gasteiger partial charge in [-0.25, -0.2) is 4.79 Å². The van der Waals surface area contributed by atoms with Crippen molar-refractivity contribution >= 4 is 40.5 Å². The van der Waals surface area contributed by atoms with Gasteiger partial charge >= 0.3 is 6.09 Å². The number of halogens is 1. The van der Waals surface area contributed by atoms with Crippen LogP contribution in [0.25, 0.3) is 0 Å². The maximum absolute atomic E-state index is 13.1. The molecule has 3 aromatic carbocycles. The minimum absolute atomic E-state index is 0.0725. The van der Waals surface area contributed by atoms with E-state index in [1.54, 1.807) is 0 Å². The van der Waals surface area contributed by atoms with Gasteiger partial charge in [0.1, 0.15) is 18.7 Å². The molecule has 0 saturated carbocycles. The summed E-state index contributed by atoms with van der Waals surface area (Å²) in [6.45, 7) is 0.0725. The van der Waals surface area contributed by atoms with E-state index in [1.165, 1.54) is 0 Å². The van der Waals surface area contributed by atoms with Crippen LogP contribution in [0.15, 0.2) is 84.9 Å². The molecule has 34 heavy (non-hydrogen) atoms. The monoisotopic (exact) mass is 571 g/mol. The summed E-state index contributed by atoms with van der Waals surface area (Å²) in [6.07, 6.45) is -0.260. The van der Waals surface area contributed by atoms with Crippen molar-refractivity contribution in [2.24, 2.45) is 5.73 Å². The van der Waals surface area contributed by atoms with E-state index in [2.05, 4.69) is 33.2 Å². The first kappa shape index (κ1) is 25.2. The fraction of sp³-hybridized carbons (Fsp3) is 0.192. The molecule has 3 rings (SSSR count). The molecule has 0 bridgehead atoms. The van der Waals surface area contributed by atoms with E-state index in [1.807, 2.05) is 84.9 Å². The van der Waals surface area contributed by atoms with E-state index in [4.69, 9.17) is 10.5 Å². The highest BCUT2D eigenvalue weighted by Gasteiger charge is 2.26. The number of nitrogens with two attached hydrogens (primary N) is 1. The Kier molecular flexibility index (Phi) is 9.45. The van der Waals surface area contributed by atoms with Gasteiger partial charge in [0.25, 0.3) is 0 Å². The average molecular weight is 571 g/mol. The predicted molar refractivity (Wildman–Crippen MR) is 138 cm³/mol.